The van der Waals surface area contributed by atoms with Crippen LogP contribution in [0.25, 0.3) is 0 Å². The molecule has 0 aliphatic heterocycles. The van der Waals surface area contributed by atoms with Gasteiger partial charge in [-0.3, -0.25) is 0 Å². The van der Waals surface area contributed by atoms with Gasteiger partial charge in [-0.2, -0.15) is 0 Å². The molecule has 0 saturated heterocycles. The summed E-state index contributed by atoms with van der Waals surface area (Å²) in [6.45, 7) is 10.9. The molecule has 0 aromatic heterocycles. The summed E-state index contributed by atoms with van der Waals surface area (Å²) in [5.74, 6) is 0. The molecule has 1 unspecified atom stereocenters. The molecule has 1 heteroatoms. The molecule has 2 N–H and O–H groups in total. The van der Waals surface area contributed by atoms with Crippen molar-refractivity contribution in [1.82, 2.24) is 0 Å². The first kappa shape index (κ1) is 14.8. The normalized spacial score (nSPS) is 13.3. The fraction of sp³-hybridized carbons (Fsp3) is 0.368. The monoisotopic (exact) mass is 267 g/mol. The van der Waals surface area contributed by atoms with Crippen molar-refractivity contribution in [2.45, 2.75) is 46.1 Å². The van der Waals surface area contributed by atoms with E-state index in [1.54, 1.807) is 0 Å². The average molecular weight is 267 g/mol. The van der Waals surface area contributed by atoms with Crippen molar-refractivity contribution in [2.24, 2.45) is 5.73 Å². The molecule has 20 heavy (non-hydrogen) atoms. The molecule has 0 fully saturated rings. The lowest BCUT2D eigenvalue weighted by atomic mass is 9.85. The molecule has 0 amide bonds. The quantitative estimate of drug-likeness (QED) is 0.842. The van der Waals surface area contributed by atoms with E-state index in [1.807, 2.05) is 0 Å². The molecule has 0 aliphatic rings. The summed E-state index contributed by atoms with van der Waals surface area (Å²) in [4.78, 5) is 0. The van der Waals surface area contributed by atoms with Crippen molar-refractivity contribution < 1.29 is 0 Å². The number of hydrogen-bond acceptors (Lipinski definition) is 1. The van der Waals surface area contributed by atoms with Gasteiger partial charge in [-0.1, -0.05) is 68.8 Å². The second kappa shape index (κ2) is 5.41. The van der Waals surface area contributed by atoms with Crippen LogP contribution in [-0.2, 0) is 5.41 Å². The maximum Gasteiger partial charge on any atom is 0.0554 e. The van der Waals surface area contributed by atoms with Gasteiger partial charge in [0.15, 0.2) is 0 Å². The summed E-state index contributed by atoms with van der Waals surface area (Å²) in [5.41, 5.74) is 12.9. The Labute approximate surface area is 122 Å². The first-order valence-corrected chi connectivity index (χ1v) is 7.22. The van der Waals surface area contributed by atoms with Crippen molar-refractivity contribution in [3.63, 3.8) is 0 Å². The van der Waals surface area contributed by atoms with Gasteiger partial charge in [-0.25, -0.2) is 0 Å². The van der Waals surface area contributed by atoms with Crippen molar-refractivity contribution in [3.05, 3.63) is 70.3 Å². The van der Waals surface area contributed by atoms with Crippen molar-refractivity contribution in [1.29, 1.82) is 0 Å². The maximum atomic E-state index is 6.45. The van der Waals surface area contributed by atoms with Crippen LogP contribution < -0.4 is 5.73 Å². The zero-order valence-corrected chi connectivity index (χ0v) is 13.2. The number of benzene rings is 2. The van der Waals surface area contributed by atoms with Crippen LogP contribution >= 0.6 is 0 Å². The van der Waals surface area contributed by atoms with E-state index in [9.17, 15) is 0 Å². The highest BCUT2D eigenvalue weighted by Crippen LogP contribution is 2.27. The van der Waals surface area contributed by atoms with Crippen LogP contribution in [0.15, 0.2) is 42.5 Å². The summed E-state index contributed by atoms with van der Waals surface area (Å²) in [7, 11) is 0. The molecular formula is C19H25N. The van der Waals surface area contributed by atoms with Crippen LogP contribution in [0.5, 0.6) is 0 Å². The van der Waals surface area contributed by atoms with E-state index in [-0.39, 0.29) is 11.5 Å². The van der Waals surface area contributed by atoms with Gasteiger partial charge in [0.1, 0.15) is 0 Å². The molecule has 0 heterocycles. The average Bonchev–Trinajstić information content (AvgIpc) is 2.40. The summed E-state index contributed by atoms with van der Waals surface area (Å²) in [6.07, 6.45) is 0. The predicted molar refractivity (Wildman–Crippen MR) is 87.1 cm³/mol. The summed E-state index contributed by atoms with van der Waals surface area (Å²) >= 11 is 0. The third-order valence-electron chi connectivity index (χ3n) is 3.91. The highest BCUT2D eigenvalue weighted by Gasteiger charge is 2.15. The molecule has 2 aromatic carbocycles. The minimum Gasteiger partial charge on any atom is -0.320 e. The Morgan fingerprint density at radius 1 is 0.900 bits per heavy atom. The van der Waals surface area contributed by atoms with Gasteiger partial charge in [0.2, 0.25) is 0 Å². The van der Waals surface area contributed by atoms with E-state index in [1.165, 1.54) is 27.8 Å². The first-order valence-electron chi connectivity index (χ1n) is 7.22. The third kappa shape index (κ3) is 3.10. The van der Waals surface area contributed by atoms with E-state index in [0.717, 1.165) is 0 Å². The summed E-state index contributed by atoms with van der Waals surface area (Å²) < 4.78 is 0. The zero-order chi connectivity index (χ0) is 14.9. The highest BCUT2D eigenvalue weighted by atomic mass is 14.6. The van der Waals surface area contributed by atoms with Gasteiger partial charge < -0.3 is 5.73 Å². The van der Waals surface area contributed by atoms with Crippen LogP contribution in [0.4, 0.5) is 0 Å². The Kier molecular flexibility index (Phi) is 4.01. The summed E-state index contributed by atoms with van der Waals surface area (Å²) in [5, 5.41) is 0. The van der Waals surface area contributed by atoms with Crippen LogP contribution in [-0.4, -0.2) is 0 Å². The Morgan fingerprint density at radius 3 is 2.05 bits per heavy atom. The van der Waals surface area contributed by atoms with Gasteiger partial charge in [-0.05, 0) is 41.5 Å². The number of aryl methyl sites for hydroxylation is 2. The lowest BCUT2D eigenvalue weighted by Crippen LogP contribution is -2.15. The largest absolute Gasteiger partial charge is 0.320 e. The third-order valence-corrected chi connectivity index (χ3v) is 3.91. The summed E-state index contributed by atoms with van der Waals surface area (Å²) in [6, 6.07) is 15.1. The van der Waals surface area contributed by atoms with E-state index in [4.69, 9.17) is 5.73 Å². The minimum atomic E-state index is -0.0519. The number of hydrogen-bond donors (Lipinski definition) is 1. The lowest BCUT2D eigenvalue weighted by Gasteiger charge is -2.21. The molecule has 0 radical (unpaired) electrons. The molecular weight excluding hydrogens is 242 g/mol. The molecule has 0 saturated carbocycles. The topological polar surface area (TPSA) is 26.0 Å². The van der Waals surface area contributed by atoms with E-state index in [0.29, 0.717) is 0 Å². The van der Waals surface area contributed by atoms with Gasteiger partial charge >= 0.3 is 0 Å². The van der Waals surface area contributed by atoms with E-state index in [2.05, 4.69) is 77.1 Å². The van der Waals surface area contributed by atoms with Crippen molar-refractivity contribution in [2.75, 3.05) is 0 Å². The second-order valence-corrected chi connectivity index (χ2v) is 6.71. The minimum absolute atomic E-state index is 0.0519. The smallest absolute Gasteiger partial charge is 0.0554 e. The first-order chi connectivity index (χ1) is 9.29. The van der Waals surface area contributed by atoms with E-state index < -0.39 is 0 Å². The number of rotatable bonds is 2. The van der Waals surface area contributed by atoms with E-state index >= 15 is 0 Å². The molecule has 2 aromatic rings. The Bertz CT molecular complexity index is 588. The SMILES string of the molecule is Cc1ccc(C)c(C(N)c2ccc(C(C)(C)C)cc2)c1. The molecule has 1 atom stereocenters. The van der Waals surface area contributed by atoms with Gasteiger partial charge in [0.25, 0.3) is 0 Å². The van der Waals surface area contributed by atoms with Crippen LogP contribution in [0.2, 0.25) is 0 Å². The fourth-order valence-electron chi connectivity index (χ4n) is 2.46. The second-order valence-electron chi connectivity index (χ2n) is 6.71. The standard InChI is InChI=1S/C19H25N/c1-13-6-7-14(2)17(12-13)18(20)15-8-10-16(11-9-15)19(3,4)5/h6-12,18H,20H2,1-5H3. The van der Waals surface area contributed by atoms with Crippen molar-refractivity contribution >= 4 is 0 Å². The lowest BCUT2D eigenvalue weighted by molar-refractivity contribution is 0.589. The van der Waals surface area contributed by atoms with Crippen LogP contribution in [0.1, 0.15) is 54.6 Å². The van der Waals surface area contributed by atoms with Crippen molar-refractivity contribution in [3.8, 4) is 0 Å². The molecule has 1 nitrogen and oxygen atoms in total. The Balaban J connectivity index is 2.34. The van der Waals surface area contributed by atoms with Crippen LogP contribution in [0.3, 0.4) is 0 Å². The zero-order valence-electron chi connectivity index (χ0n) is 13.2. The molecule has 2 rings (SSSR count). The van der Waals surface area contributed by atoms with Gasteiger partial charge in [-0.15, -0.1) is 0 Å². The predicted octanol–water partition coefficient (Wildman–Crippen LogP) is 4.65. The van der Waals surface area contributed by atoms with Crippen LogP contribution in [0, 0.1) is 13.8 Å². The van der Waals surface area contributed by atoms with Gasteiger partial charge in [0.05, 0.1) is 6.04 Å². The number of nitrogens with two attached hydrogens (primary N) is 1. The molecule has 0 spiro atoms. The van der Waals surface area contributed by atoms with Gasteiger partial charge in [0, 0.05) is 0 Å². The molecule has 0 aliphatic carbocycles. The molecule has 0 bridgehead atoms. The molecule has 106 valence electrons. The Morgan fingerprint density at radius 2 is 1.50 bits per heavy atom. The highest BCUT2D eigenvalue weighted by molar-refractivity contribution is 5.40. The Hall–Kier alpha value is -1.60. The maximum absolute atomic E-state index is 6.45. The fourth-order valence-corrected chi connectivity index (χ4v) is 2.46.